The SMILES string of the molecule is CCn1nccc1CN(C)C(=O)c1cccc(OC(F)F)c1. The number of nitrogens with zero attached hydrogens (tertiary/aromatic N) is 3. The summed E-state index contributed by atoms with van der Waals surface area (Å²) in [7, 11) is 1.65. The third-order valence-electron chi connectivity index (χ3n) is 3.16. The first kappa shape index (κ1) is 15.9. The third-order valence-corrected chi connectivity index (χ3v) is 3.16. The van der Waals surface area contributed by atoms with E-state index in [1.165, 1.54) is 23.1 Å². The maximum Gasteiger partial charge on any atom is 0.387 e. The van der Waals surface area contributed by atoms with Gasteiger partial charge in [0, 0.05) is 25.4 Å². The van der Waals surface area contributed by atoms with Crippen LogP contribution in [0, 0.1) is 0 Å². The standard InChI is InChI=1S/C15H17F2N3O2/c1-3-20-12(7-8-18-20)10-19(2)14(21)11-5-4-6-13(9-11)22-15(16)17/h4-9,15H,3,10H2,1-2H3. The summed E-state index contributed by atoms with van der Waals surface area (Å²) in [5, 5.41) is 4.14. The van der Waals surface area contributed by atoms with Crippen LogP contribution in [0.5, 0.6) is 5.75 Å². The maximum absolute atomic E-state index is 12.4. The van der Waals surface area contributed by atoms with Gasteiger partial charge in [-0.2, -0.15) is 13.9 Å². The molecule has 1 amide bonds. The molecule has 0 unspecified atom stereocenters. The van der Waals surface area contributed by atoms with Crippen LogP contribution in [0.4, 0.5) is 8.78 Å². The predicted molar refractivity (Wildman–Crippen MR) is 76.8 cm³/mol. The lowest BCUT2D eigenvalue weighted by atomic mass is 10.2. The van der Waals surface area contributed by atoms with Crippen molar-refractivity contribution in [2.45, 2.75) is 26.6 Å². The molecule has 2 rings (SSSR count). The van der Waals surface area contributed by atoms with Crippen molar-refractivity contribution in [3.8, 4) is 5.75 Å². The molecule has 1 aromatic carbocycles. The summed E-state index contributed by atoms with van der Waals surface area (Å²) >= 11 is 0. The van der Waals surface area contributed by atoms with Crippen LogP contribution in [0.2, 0.25) is 0 Å². The second kappa shape index (κ2) is 7.02. The monoisotopic (exact) mass is 309 g/mol. The fourth-order valence-corrected chi connectivity index (χ4v) is 2.12. The smallest absolute Gasteiger partial charge is 0.387 e. The van der Waals surface area contributed by atoms with Crippen molar-refractivity contribution in [2.75, 3.05) is 7.05 Å². The van der Waals surface area contributed by atoms with Gasteiger partial charge >= 0.3 is 6.61 Å². The van der Waals surface area contributed by atoms with Gasteiger partial charge in [0.2, 0.25) is 0 Å². The summed E-state index contributed by atoms with van der Waals surface area (Å²) in [5.74, 6) is -0.309. The summed E-state index contributed by atoms with van der Waals surface area (Å²) in [6.07, 6.45) is 1.67. The molecule has 1 heterocycles. The van der Waals surface area contributed by atoms with E-state index in [0.717, 1.165) is 5.69 Å². The normalized spacial score (nSPS) is 10.8. The fraction of sp³-hybridized carbons (Fsp3) is 0.333. The van der Waals surface area contributed by atoms with Crippen molar-refractivity contribution in [1.82, 2.24) is 14.7 Å². The van der Waals surface area contributed by atoms with E-state index in [2.05, 4.69) is 9.84 Å². The van der Waals surface area contributed by atoms with Gasteiger partial charge in [-0.25, -0.2) is 0 Å². The predicted octanol–water partition coefficient (Wildman–Crippen LogP) is 2.78. The number of carbonyl (C=O) groups is 1. The summed E-state index contributed by atoms with van der Waals surface area (Å²) < 4.78 is 30.5. The lowest BCUT2D eigenvalue weighted by molar-refractivity contribution is -0.0499. The highest BCUT2D eigenvalue weighted by Gasteiger charge is 2.15. The summed E-state index contributed by atoms with van der Waals surface area (Å²) in [4.78, 5) is 13.9. The number of benzene rings is 1. The van der Waals surface area contributed by atoms with E-state index in [-0.39, 0.29) is 11.7 Å². The van der Waals surface area contributed by atoms with Crippen molar-refractivity contribution in [3.05, 3.63) is 47.8 Å². The van der Waals surface area contributed by atoms with E-state index >= 15 is 0 Å². The van der Waals surface area contributed by atoms with E-state index in [1.807, 2.05) is 13.0 Å². The molecule has 0 saturated heterocycles. The zero-order valence-corrected chi connectivity index (χ0v) is 12.4. The molecule has 0 aliphatic rings. The van der Waals surface area contributed by atoms with Gasteiger partial charge in [-0.05, 0) is 31.2 Å². The van der Waals surface area contributed by atoms with E-state index in [9.17, 15) is 13.6 Å². The van der Waals surface area contributed by atoms with Crippen LogP contribution in [0.25, 0.3) is 0 Å². The second-order valence-corrected chi connectivity index (χ2v) is 4.71. The minimum absolute atomic E-state index is 0.0344. The molecule has 7 heteroatoms. The Bertz CT molecular complexity index is 643. The average molecular weight is 309 g/mol. The average Bonchev–Trinajstić information content (AvgIpc) is 2.93. The van der Waals surface area contributed by atoms with E-state index < -0.39 is 6.61 Å². The Balaban J connectivity index is 2.10. The van der Waals surface area contributed by atoms with Gasteiger partial charge in [0.1, 0.15) is 5.75 Å². The van der Waals surface area contributed by atoms with Crippen molar-refractivity contribution >= 4 is 5.91 Å². The molecule has 0 aliphatic heterocycles. The largest absolute Gasteiger partial charge is 0.435 e. The molecular weight excluding hydrogens is 292 g/mol. The van der Waals surface area contributed by atoms with Crippen molar-refractivity contribution in [3.63, 3.8) is 0 Å². The van der Waals surface area contributed by atoms with Crippen molar-refractivity contribution in [1.29, 1.82) is 0 Å². The molecule has 0 saturated carbocycles. The Hall–Kier alpha value is -2.44. The van der Waals surface area contributed by atoms with Crippen LogP contribution in [0.15, 0.2) is 36.5 Å². The van der Waals surface area contributed by atoms with E-state index in [1.54, 1.807) is 24.0 Å². The zero-order valence-electron chi connectivity index (χ0n) is 12.4. The van der Waals surface area contributed by atoms with E-state index in [4.69, 9.17) is 0 Å². The Kier molecular flexibility index (Phi) is 5.08. The van der Waals surface area contributed by atoms with Crippen LogP contribution in [0.3, 0.4) is 0 Å². The molecule has 0 N–H and O–H groups in total. The van der Waals surface area contributed by atoms with Gasteiger partial charge in [0.25, 0.3) is 5.91 Å². The first-order valence-electron chi connectivity index (χ1n) is 6.82. The van der Waals surface area contributed by atoms with Gasteiger partial charge in [-0.3, -0.25) is 9.48 Å². The number of ether oxygens (including phenoxy) is 1. The summed E-state index contributed by atoms with van der Waals surface area (Å²) in [5.41, 5.74) is 1.20. The molecule has 118 valence electrons. The maximum atomic E-state index is 12.4. The summed E-state index contributed by atoms with van der Waals surface area (Å²) in [6.45, 7) is 0.139. The zero-order chi connectivity index (χ0) is 16.1. The number of amides is 1. The molecule has 0 atom stereocenters. The molecular formula is C15H17F2N3O2. The Labute approximate surface area is 127 Å². The lowest BCUT2D eigenvalue weighted by Crippen LogP contribution is -2.27. The van der Waals surface area contributed by atoms with Crippen molar-refractivity contribution in [2.24, 2.45) is 0 Å². The van der Waals surface area contributed by atoms with Gasteiger partial charge < -0.3 is 9.64 Å². The Morgan fingerprint density at radius 3 is 2.86 bits per heavy atom. The van der Waals surface area contributed by atoms with Crippen molar-refractivity contribution < 1.29 is 18.3 Å². The number of rotatable bonds is 6. The number of halogens is 2. The fourth-order valence-electron chi connectivity index (χ4n) is 2.12. The highest BCUT2D eigenvalue weighted by atomic mass is 19.3. The molecule has 0 spiro atoms. The van der Waals surface area contributed by atoms with Gasteiger partial charge in [0.05, 0.1) is 12.2 Å². The van der Waals surface area contributed by atoms with Gasteiger partial charge in [0.15, 0.2) is 0 Å². The first-order valence-corrected chi connectivity index (χ1v) is 6.82. The topological polar surface area (TPSA) is 47.4 Å². The number of aromatic nitrogens is 2. The molecule has 0 fully saturated rings. The van der Waals surface area contributed by atoms with E-state index in [0.29, 0.717) is 18.7 Å². The lowest BCUT2D eigenvalue weighted by Gasteiger charge is -2.18. The van der Waals surface area contributed by atoms with Crippen LogP contribution in [0.1, 0.15) is 23.0 Å². The molecule has 1 aromatic heterocycles. The quantitative estimate of drug-likeness (QED) is 0.824. The minimum Gasteiger partial charge on any atom is -0.435 e. The van der Waals surface area contributed by atoms with Crippen LogP contribution >= 0.6 is 0 Å². The number of aryl methyl sites for hydroxylation is 1. The van der Waals surface area contributed by atoms with Crippen LogP contribution in [-0.4, -0.2) is 34.2 Å². The number of hydrogen-bond acceptors (Lipinski definition) is 3. The van der Waals surface area contributed by atoms with Crippen LogP contribution in [-0.2, 0) is 13.1 Å². The number of alkyl halides is 2. The highest BCUT2D eigenvalue weighted by Crippen LogP contribution is 2.17. The molecule has 0 radical (unpaired) electrons. The first-order chi connectivity index (χ1) is 10.5. The Morgan fingerprint density at radius 1 is 1.41 bits per heavy atom. The van der Waals surface area contributed by atoms with Gasteiger partial charge in [-0.1, -0.05) is 6.07 Å². The summed E-state index contributed by atoms with van der Waals surface area (Å²) in [6, 6.07) is 7.60. The second-order valence-electron chi connectivity index (χ2n) is 4.71. The third kappa shape index (κ3) is 3.81. The minimum atomic E-state index is -2.91. The molecule has 22 heavy (non-hydrogen) atoms. The number of hydrogen-bond donors (Lipinski definition) is 0. The molecule has 2 aromatic rings. The molecule has 0 bridgehead atoms. The Morgan fingerprint density at radius 2 is 2.18 bits per heavy atom. The van der Waals surface area contributed by atoms with Gasteiger partial charge in [-0.15, -0.1) is 0 Å². The molecule has 5 nitrogen and oxygen atoms in total. The highest BCUT2D eigenvalue weighted by molar-refractivity contribution is 5.94. The van der Waals surface area contributed by atoms with Crippen LogP contribution < -0.4 is 4.74 Å². The number of carbonyl (C=O) groups excluding carboxylic acids is 1. The molecule has 0 aliphatic carbocycles.